The van der Waals surface area contributed by atoms with E-state index in [9.17, 15) is 5.11 Å². The van der Waals surface area contributed by atoms with E-state index in [0.29, 0.717) is 13.2 Å². The van der Waals surface area contributed by atoms with Crippen LogP contribution in [-0.2, 0) is 10.8 Å². The lowest BCUT2D eigenvalue weighted by Gasteiger charge is -2.29. The van der Waals surface area contributed by atoms with E-state index in [4.69, 9.17) is 9.47 Å². The van der Waals surface area contributed by atoms with Gasteiger partial charge in [-0.25, -0.2) is 0 Å². The smallest absolute Gasteiger partial charge is 0.127 e. The second kappa shape index (κ2) is 9.11. The highest BCUT2D eigenvalue weighted by Gasteiger charge is 2.27. The van der Waals surface area contributed by atoms with Gasteiger partial charge in [-0.15, -0.1) is 0 Å². The van der Waals surface area contributed by atoms with Gasteiger partial charge in [-0.1, -0.05) is 61.5 Å². The molecule has 0 atom stereocenters. The van der Waals surface area contributed by atoms with Crippen LogP contribution in [0.4, 0.5) is 0 Å². The van der Waals surface area contributed by atoms with Gasteiger partial charge >= 0.3 is 0 Å². The van der Waals surface area contributed by atoms with Crippen LogP contribution in [0, 0.1) is 0 Å². The standard InChI is InChI=1S/C26H38O3/c1-9-13-28-18-11-12-20(21(15-18)25(3,4)5)24-22(26(6,7)8)16-19(17-23(24)27)29-14-10-2/h11-12,15-17,27H,9-10,13-14H2,1-8H3. The molecule has 29 heavy (non-hydrogen) atoms. The molecule has 2 aromatic rings. The summed E-state index contributed by atoms with van der Waals surface area (Å²) in [7, 11) is 0. The largest absolute Gasteiger partial charge is 0.507 e. The number of rotatable bonds is 7. The Hall–Kier alpha value is -2.16. The van der Waals surface area contributed by atoms with Crippen LogP contribution < -0.4 is 9.47 Å². The molecule has 0 bridgehead atoms. The molecule has 0 heterocycles. The lowest BCUT2D eigenvalue weighted by Crippen LogP contribution is -2.17. The average Bonchev–Trinajstić information content (AvgIpc) is 2.62. The summed E-state index contributed by atoms with van der Waals surface area (Å²) in [6, 6.07) is 10.0. The second-order valence-electron chi connectivity index (χ2n) is 9.77. The minimum Gasteiger partial charge on any atom is -0.507 e. The van der Waals surface area contributed by atoms with Crippen molar-refractivity contribution >= 4 is 0 Å². The van der Waals surface area contributed by atoms with E-state index >= 15 is 0 Å². The molecule has 0 spiro atoms. The molecule has 0 saturated heterocycles. The van der Waals surface area contributed by atoms with E-state index in [2.05, 4.69) is 73.6 Å². The lowest BCUT2D eigenvalue weighted by molar-refractivity contribution is 0.314. The van der Waals surface area contributed by atoms with E-state index < -0.39 is 0 Å². The van der Waals surface area contributed by atoms with E-state index in [1.165, 1.54) is 0 Å². The molecule has 0 aliphatic rings. The van der Waals surface area contributed by atoms with Gasteiger partial charge in [0.05, 0.1) is 13.2 Å². The SMILES string of the molecule is CCCOc1ccc(-c2c(O)cc(OCCC)cc2C(C)(C)C)c(C(C)(C)C)c1. The van der Waals surface area contributed by atoms with Crippen LogP contribution in [0.2, 0.25) is 0 Å². The van der Waals surface area contributed by atoms with Crippen molar-refractivity contribution in [1.29, 1.82) is 0 Å². The maximum atomic E-state index is 11.1. The number of aromatic hydroxyl groups is 1. The molecular weight excluding hydrogens is 360 g/mol. The van der Waals surface area contributed by atoms with E-state index in [0.717, 1.165) is 46.6 Å². The molecule has 2 rings (SSSR count). The van der Waals surface area contributed by atoms with Gasteiger partial charge < -0.3 is 14.6 Å². The van der Waals surface area contributed by atoms with Gasteiger partial charge in [0.15, 0.2) is 0 Å². The molecule has 0 amide bonds. The van der Waals surface area contributed by atoms with Crippen molar-refractivity contribution in [1.82, 2.24) is 0 Å². The van der Waals surface area contributed by atoms with Crippen LogP contribution in [0.3, 0.4) is 0 Å². The van der Waals surface area contributed by atoms with E-state index in [-0.39, 0.29) is 16.6 Å². The van der Waals surface area contributed by atoms with Gasteiger partial charge in [0.1, 0.15) is 17.2 Å². The summed E-state index contributed by atoms with van der Waals surface area (Å²) in [5, 5.41) is 11.1. The third-order valence-corrected chi connectivity index (χ3v) is 4.91. The van der Waals surface area contributed by atoms with Crippen LogP contribution in [0.1, 0.15) is 79.4 Å². The molecule has 0 fully saturated rings. The minimum atomic E-state index is -0.148. The summed E-state index contributed by atoms with van der Waals surface area (Å²) in [4.78, 5) is 0. The van der Waals surface area contributed by atoms with Gasteiger partial charge in [0, 0.05) is 11.6 Å². The van der Waals surface area contributed by atoms with Crippen molar-refractivity contribution in [2.75, 3.05) is 13.2 Å². The van der Waals surface area contributed by atoms with Crippen LogP contribution in [0.15, 0.2) is 30.3 Å². The Labute approximate surface area is 177 Å². The Bertz CT molecular complexity index is 823. The fourth-order valence-electron chi connectivity index (χ4n) is 3.45. The Morgan fingerprint density at radius 3 is 1.76 bits per heavy atom. The molecular formula is C26H38O3. The van der Waals surface area contributed by atoms with Crippen LogP contribution >= 0.6 is 0 Å². The Morgan fingerprint density at radius 1 is 0.724 bits per heavy atom. The highest BCUT2D eigenvalue weighted by Crippen LogP contribution is 2.46. The van der Waals surface area contributed by atoms with Crippen molar-refractivity contribution in [2.45, 2.75) is 79.1 Å². The Kier molecular flexibility index (Phi) is 7.26. The molecule has 0 aromatic heterocycles. The van der Waals surface area contributed by atoms with Crippen molar-refractivity contribution in [3.8, 4) is 28.4 Å². The molecule has 0 aliphatic heterocycles. The molecule has 3 nitrogen and oxygen atoms in total. The quantitative estimate of drug-likeness (QED) is 0.534. The highest BCUT2D eigenvalue weighted by atomic mass is 16.5. The summed E-state index contributed by atoms with van der Waals surface area (Å²) in [5.74, 6) is 1.86. The van der Waals surface area contributed by atoms with Crippen molar-refractivity contribution in [2.24, 2.45) is 0 Å². The zero-order valence-electron chi connectivity index (χ0n) is 19.5. The highest BCUT2D eigenvalue weighted by molar-refractivity contribution is 5.80. The molecule has 1 N–H and O–H groups in total. The summed E-state index contributed by atoms with van der Waals surface area (Å²) < 4.78 is 11.7. The summed E-state index contributed by atoms with van der Waals surface area (Å²) in [6.45, 7) is 18.6. The van der Waals surface area contributed by atoms with Gasteiger partial charge in [-0.3, -0.25) is 0 Å². The number of ether oxygens (including phenoxy) is 2. The Balaban J connectivity index is 2.72. The number of hydrogen-bond donors (Lipinski definition) is 1. The maximum absolute atomic E-state index is 11.1. The van der Waals surface area contributed by atoms with Crippen LogP contribution in [0.25, 0.3) is 11.1 Å². The predicted octanol–water partition coefficient (Wildman–Crippen LogP) is 7.23. The summed E-state index contributed by atoms with van der Waals surface area (Å²) >= 11 is 0. The van der Waals surface area contributed by atoms with Crippen molar-refractivity contribution in [3.63, 3.8) is 0 Å². The summed E-state index contributed by atoms with van der Waals surface area (Å²) in [6.07, 6.45) is 1.90. The number of phenols is 1. The molecule has 2 aromatic carbocycles. The summed E-state index contributed by atoms with van der Waals surface area (Å²) in [5.41, 5.74) is 3.93. The third-order valence-electron chi connectivity index (χ3n) is 4.91. The molecule has 0 radical (unpaired) electrons. The minimum absolute atomic E-state index is 0.0973. The lowest BCUT2D eigenvalue weighted by atomic mass is 9.76. The number of hydrogen-bond acceptors (Lipinski definition) is 3. The first-order valence-corrected chi connectivity index (χ1v) is 10.8. The zero-order valence-corrected chi connectivity index (χ0v) is 19.5. The molecule has 160 valence electrons. The zero-order chi connectivity index (χ0) is 21.8. The van der Waals surface area contributed by atoms with Crippen molar-refractivity contribution in [3.05, 3.63) is 41.5 Å². The Morgan fingerprint density at radius 2 is 1.24 bits per heavy atom. The fraction of sp³-hybridized carbons (Fsp3) is 0.538. The first-order valence-electron chi connectivity index (χ1n) is 10.8. The normalized spacial score (nSPS) is 12.1. The van der Waals surface area contributed by atoms with Crippen LogP contribution in [0.5, 0.6) is 17.2 Å². The molecule has 3 heteroatoms. The van der Waals surface area contributed by atoms with Crippen LogP contribution in [-0.4, -0.2) is 18.3 Å². The van der Waals surface area contributed by atoms with Gasteiger partial charge in [-0.05, 0) is 58.6 Å². The fourth-order valence-corrected chi connectivity index (χ4v) is 3.45. The monoisotopic (exact) mass is 398 g/mol. The van der Waals surface area contributed by atoms with E-state index in [1.807, 2.05) is 6.07 Å². The molecule has 0 aliphatic carbocycles. The topological polar surface area (TPSA) is 38.7 Å². The number of benzene rings is 2. The predicted molar refractivity (Wildman–Crippen MR) is 123 cm³/mol. The molecule has 0 unspecified atom stereocenters. The first kappa shape index (κ1) is 23.1. The van der Waals surface area contributed by atoms with Gasteiger partial charge in [0.25, 0.3) is 0 Å². The first-order chi connectivity index (χ1) is 13.5. The maximum Gasteiger partial charge on any atom is 0.127 e. The van der Waals surface area contributed by atoms with E-state index in [1.54, 1.807) is 6.07 Å². The van der Waals surface area contributed by atoms with Crippen molar-refractivity contribution < 1.29 is 14.6 Å². The van der Waals surface area contributed by atoms with Gasteiger partial charge in [0.2, 0.25) is 0 Å². The number of phenolic OH excluding ortho intramolecular Hbond substituents is 1. The van der Waals surface area contributed by atoms with Gasteiger partial charge in [-0.2, -0.15) is 0 Å². The third kappa shape index (κ3) is 5.68. The second-order valence-corrected chi connectivity index (χ2v) is 9.77. The average molecular weight is 399 g/mol. The molecule has 0 saturated carbocycles.